The number of nitrogens with zero attached hydrogens (tertiary/aromatic N) is 1. The molecule has 0 radical (unpaired) electrons. The molecule has 0 aromatic heterocycles. The Hall–Kier alpha value is -0.800. The van der Waals surface area contributed by atoms with Crippen molar-refractivity contribution < 1.29 is 18.3 Å². The molecule has 5 heteroatoms. The first-order valence-electron chi connectivity index (χ1n) is 1.64. The first kappa shape index (κ1) is 7.20. The standard InChI is InChI=1S/C3H3F2NO2/c1-8-3(4,5)6-2-7/h1H3. The molecule has 0 bridgehead atoms. The van der Waals surface area contributed by atoms with Gasteiger partial charge in [0.2, 0.25) is 6.08 Å². The van der Waals surface area contributed by atoms with Crippen LogP contribution in [0.3, 0.4) is 0 Å². The topological polar surface area (TPSA) is 38.7 Å². The number of ether oxygens (including phenoxy) is 1. The quantitative estimate of drug-likeness (QED) is 0.305. The van der Waals surface area contributed by atoms with E-state index in [4.69, 9.17) is 4.79 Å². The van der Waals surface area contributed by atoms with Crippen LogP contribution in [0.5, 0.6) is 0 Å². The van der Waals surface area contributed by atoms with E-state index in [0.717, 1.165) is 7.11 Å². The molecule has 0 saturated carbocycles. The van der Waals surface area contributed by atoms with Gasteiger partial charge in [0.25, 0.3) is 0 Å². The summed E-state index contributed by atoms with van der Waals surface area (Å²) < 4.78 is 26.4. The van der Waals surface area contributed by atoms with Crippen LogP contribution in [0.25, 0.3) is 0 Å². The third kappa shape index (κ3) is 2.39. The maximum Gasteiger partial charge on any atom is 0.477 e. The number of isocyanates is 1. The molecule has 0 rings (SSSR count). The van der Waals surface area contributed by atoms with Gasteiger partial charge in [-0.05, 0) is 0 Å². The lowest BCUT2D eigenvalue weighted by Gasteiger charge is -2.01. The second-order valence-corrected chi connectivity index (χ2v) is 0.893. The number of aliphatic imine (C=N–C) groups is 1. The Kier molecular flexibility index (Phi) is 2.24. The van der Waals surface area contributed by atoms with Crippen molar-refractivity contribution in [1.82, 2.24) is 0 Å². The molecule has 0 atom stereocenters. The number of halogens is 2. The van der Waals surface area contributed by atoms with Crippen molar-refractivity contribution in [1.29, 1.82) is 0 Å². The fourth-order valence-corrected chi connectivity index (χ4v) is 0.0988. The molecule has 0 aromatic rings. The summed E-state index contributed by atoms with van der Waals surface area (Å²) in [6, 6.07) is 0. The van der Waals surface area contributed by atoms with Crippen LogP contribution in [0.1, 0.15) is 0 Å². The van der Waals surface area contributed by atoms with Crippen LogP contribution in [0.4, 0.5) is 8.78 Å². The molecule has 46 valence electrons. The first-order chi connectivity index (χ1) is 3.62. The summed E-state index contributed by atoms with van der Waals surface area (Å²) in [7, 11) is 0.737. The van der Waals surface area contributed by atoms with Crippen molar-refractivity contribution in [2.24, 2.45) is 4.99 Å². The number of hydrogen-bond donors (Lipinski definition) is 0. The Morgan fingerprint density at radius 3 is 2.38 bits per heavy atom. The molecule has 0 aromatic carbocycles. The van der Waals surface area contributed by atoms with Gasteiger partial charge in [0, 0.05) is 7.11 Å². The van der Waals surface area contributed by atoms with E-state index in [-0.39, 0.29) is 0 Å². The van der Waals surface area contributed by atoms with Gasteiger partial charge in [-0.25, -0.2) is 4.79 Å². The SMILES string of the molecule is COC(F)(F)N=C=O. The average Bonchev–Trinajstić information content (AvgIpc) is 1.67. The van der Waals surface area contributed by atoms with Crippen LogP contribution in [0.15, 0.2) is 4.99 Å². The van der Waals surface area contributed by atoms with Gasteiger partial charge in [0.05, 0.1) is 0 Å². The molecule has 0 amide bonds. The predicted octanol–water partition coefficient (Wildman–Crippen LogP) is 0.519. The maximum absolute atomic E-state index is 11.5. The molecule has 0 aliphatic heterocycles. The van der Waals surface area contributed by atoms with Gasteiger partial charge in [-0.15, -0.1) is 4.99 Å². The molecular weight excluding hydrogens is 120 g/mol. The van der Waals surface area contributed by atoms with Crippen molar-refractivity contribution in [2.45, 2.75) is 6.23 Å². The summed E-state index contributed by atoms with van der Waals surface area (Å²) in [6.45, 7) is 0. The lowest BCUT2D eigenvalue weighted by atomic mass is 11.1. The largest absolute Gasteiger partial charge is 0.477 e. The predicted molar refractivity (Wildman–Crippen MR) is 20.1 cm³/mol. The highest BCUT2D eigenvalue weighted by molar-refractivity contribution is 5.33. The van der Waals surface area contributed by atoms with Gasteiger partial charge >= 0.3 is 6.23 Å². The lowest BCUT2D eigenvalue weighted by molar-refractivity contribution is -0.213. The first-order valence-corrected chi connectivity index (χ1v) is 1.64. The average molecular weight is 123 g/mol. The Bertz CT molecular complexity index is 118. The monoisotopic (exact) mass is 123 g/mol. The van der Waals surface area contributed by atoms with Crippen molar-refractivity contribution in [3.63, 3.8) is 0 Å². The second-order valence-electron chi connectivity index (χ2n) is 0.893. The molecule has 0 fully saturated rings. The number of alkyl halides is 2. The molecule has 0 N–H and O–H groups in total. The molecule has 0 heterocycles. The van der Waals surface area contributed by atoms with E-state index in [1.807, 2.05) is 4.99 Å². The van der Waals surface area contributed by atoms with Crippen LogP contribution in [0, 0.1) is 0 Å². The maximum atomic E-state index is 11.5. The molecule has 0 spiro atoms. The minimum Gasteiger partial charge on any atom is -0.303 e. The van der Waals surface area contributed by atoms with Crippen molar-refractivity contribution in [3.8, 4) is 0 Å². The van der Waals surface area contributed by atoms with Gasteiger partial charge in [-0.1, -0.05) is 0 Å². The van der Waals surface area contributed by atoms with Gasteiger partial charge < -0.3 is 4.74 Å². The Morgan fingerprint density at radius 2 is 2.25 bits per heavy atom. The number of methoxy groups -OCH3 is 1. The third-order valence-electron chi connectivity index (χ3n) is 0.421. The van der Waals surface area contributed by atoms with E-state index in [2.05, 4.69) is 4.74 Å². The molecule has 0 aliphatic carbocycles. The minimum atomic E-state index is -3.71. The summed E-state index contributed by atoms with van der Waals surface area (Å²) in [5, 5.41) is 0. The van der Waals surface area contributed by atoms with Crippen molar-refractivity contribution in [2.75, 3.05) is 7.11 Å². The molecular formula is C3H3F2NO2. The summed E-state index contributed by atoms with van der Waals surface area (Å²) in [6.07, 6.45) is -3.05. The Labute approximate surface area is 44.0 Å². The number of carbonyl (C=O) groups excluding carboxylic acids is 1. The molecule has 0 unspecified atom stereocenters. The highest BCUT2D eigenvalue weighted by Gasteiger charge is 2.26. The van der Waals surface area contributed by atoms with Crippen LogP contribution < -0.4 is 0 Å². The fraction of sp³-hybridized carbons (Fsp3) is 0.667. The molecule has 0 aliphatic rings. The zero-order chi connectivity index (χ0) is 6.62. The summed E-state index contributed by atoms with van der Waals surface area (Å²) in [5.74, 6) is 0. The highest BCUT2D eigenvalue weighted by atomic mass is 19.3. The highest BCUT2D eigenvalue weighted by Crippen LogP contribution is 2.13. The Balaban J connectivity index is 3.90. The van der Waals surface area contributed by atoms with E-state index in [1.54, 1.807) is 0 Å². The van der Waals surface area contributed by atoms with Crippen LogP contribution in [0.2, 0.25) is 0 Å². The smallest absolute Gasteiger partial charge is 0.303 e. The van der Waals surface area contributed by atoms with Gasteiger partial charge in [-0.3, -0.25) is 0 Å². The van der Waals surface area contributed by atoms with Gasteiger partial charge in [0.15, 0.2) is 0 Å². The Morgan fingerprint density at radius 1 is 1.75 bits per heavy atom. The fourth-order valence-electron chi connectivity index (χ4n) is 0.0988. The molecule has 8 heavy (non-hydrogen) atoms. The molecule has 0 saturated heterocycles. The van der Waals surface area contributed by atoms with Gasteiger partial charge in [-0.2, -0.15) is 8.78 Å². The number of hydrogen-bond acceptors (Lipinski definition) is 3. The second kappa shape index (κ2) is 2.49. The van der Waals surface area contributed by atoms with Crippen LogP contribution in [-0.4, -0.2) is 19.4 Å². The zero-order valence-corrected chi connectivity index (χ0v) is 4.02. The normalized spacial score (nSPS) is 10.4. The van der Waals surface area contributed by atoms with E-state index in [9.17, 15) is 8.78 Å². The minimum absolute atomic E-state index is 0.659. The zero-order valence-electron chi connectivity index (χ0n) is 4.02. The van der Waals surface area contributed by atoms with Crippen molar-refractivity contribution in [3.05, 3.63) is 0 Å². The van der Waals surface area contributed by atoms with Crippen LogP contribution >= 0.6 is 0 Å². The van der Waals surface area contributed by atoms with Gasteiger partial charge in [0.1, 0.15) is 0 Å². The van der Waals surface area contributed by atoms with Crippen LogP contribution in [-0.2, 0) is 9.53 Å². The lowest BCUT2D eigenvalue weighted by Crippen LogP contribution is -2.13. The summed E-state index contributed by atoms with van der Waals surface area (Å²) in [4.78, 5) is 11.1. The van der Waals surface area contributed by atoms with E-state index in [1.165, 1.54) is 0 Å². The molecule has 3 nitrogen and oxygen atoms in total. The van der Waals surface area contributed by atoms with Crippen molar-refractivity contribution >= 4 is 6.08 Å². The number of rotatable bonds is 2. The summed E-state index contributed by atoms with van der Waals surface area (Å²) in [5.41, 5.74) is 0. The van der Waals surface area contributed by atoms with E-state index in [0.29, 0.717) is 6.08 Å². The summed E-state index contributed by atoms with van der Waals surface area (Å²) >= 11 is 0. The van der Waals surface area contributed by atoms with E-state index >= 15 is 0 Å². The third-order valence-corrected chi connectivity index (χ3v) is 0.421. The van der Waals surface area contributed by atoms with E-state index < -0.39 is 6.23 Å².